The van der Waals surface area contributed by atoms with Crippen molar-refractivity contribution < 1.29 is 9.13 Å². The normalized spacial score (nSPS) is 13.6. The summed E-state index contributed by atoms with van der Waals surface area (Å²) in [4.78, 5) is 0. The maximum absolute atomic E-state index is 13.9. The average molecular weight is 225 g/mol. The monoisotopic (exact) mass is 225 g/mol. The van der Waals surface area contributed by atoms with E-state index in [2.05, 4.69) is 0 Å². The number of benzene rings is 1. The summed E-state index contributed by atoms with van der Waals surface area (Å²) in [5, 5.41) is 0. The summed E-state index contributed by atoms with van der Waals surface area (Å²) in [7, 11) is 1.53. The molecule has 1 aromatic carbocycles. The molecule has 2 N–H and O–H groups in total. The number of nitrogens with two attached hydrogens (primary N) is 1. The number of rotatable bonds is 4. The Kier molecular flexibility index (Phi) is 3.92. The third-order valence-corrected chi connectivity index (χ3v) is 2.74. The van der Waals surface area contributed by atoms with Crippen LogP contribution in [0.25, 0.3) is 0 Å². The van der Waals surface area contributed by atoms with E-state index in [9.17, 15) is 4.39 Å². The minimum absolute atomic E-state index is 0.0523. The number of halogens is 1. The largest absolute Gasteiger partial charge is 0.497 e. The van der Waals surface area contributed by atoms with Crippen molar-refractivity contribution in [1.82, 2.24) is 0 Å². The summed E-state index contributed by atoms with van der Waals surface area (Å²) in [5.41, 5.74) is 6.20. The smallest absolute Gasteiger partial charge is 0.130 e. The van der Waals surface area contributed by atoms with Gasteiger partial charge >= 0.3 is 0 Å². The minimum Gasteiger partial charge on any atom is -0.497 e. The molecular formula is C13H20FNO. The highest BCUT2D eigenvalue weighted by Crippen LogP contribution is 2.31. The van der Waals surface area contributed by atoms with Crippen LogP contribution in [0.1, 0.15) is 32.8 Å². The predicted molar refractivity (Wildman–Crippen MR) is 64.2 cm³/mol. The molecule has 0 aliphatic heterocycles. The van der Waals surface area contributed by atoms with Gasteiger partial charge in [0.15, 0.2) is 0 Å². The quantitative estimate of drug-likeness (QED) is 0.855. The fourth-order valence-corrected chi connectivity index (χ4v) is 2.09. The molecular weight excluding hydrogens is 205 g/mol. The second-order valence-corrected chi connectivity index (χ2v) is 4.91. The van der Waals surface area contributed by atoms with E-state index in [0.29, 0.717) is 11.3 Å². The van der Waals surface area contributed by atoms with Crippen molar-refractivity contribution in [3.05, 3.63) is 29.6 Å². The molecule has 1 rings (SSSR count). The number of ether oxygens (including phenoxy) is 1. The maximum atomic E-state index is 13.9. The number of methoxy groups -OCH3 is 1. The highest BCUT2D eigenvalue weighted by atomic mass is 19.1. The first-order valence-corrected chi connectivity index (χ1v) is 5.46. The molecule has 90 valence electrons. The first-order chi connectivity index (χ1) is 7.36. The van der Waals surface area contributed by atoms with Gasteiger partial charge in [-0.3, -0.25) is 0 Å². The predicted octanol–water partition coefficient (Wildman–Crippen LogP) is 2.85. The molecule has 0 aliphatic carbocycles. The number of hydrogen-bond acceptors (Lipinski definition) is 2. The molecule has 1 atom stereocenters. The molecule has 0 fully saturated rings. The Labute approximate surface area is 96.6 Å². The summed E-state index contributed by atoms with van der Waals surface area (Å²) in [6.45, 7) is 5.94. The Balaban J connectivity index is 3.03. The lowest BCUT2D eigenvalue weighted by Gasteiger charge is -2.27. The molecule has 0 aliphatic rings. The fourth-order valence-electron chi connectivity index (χ4n) is 2.09. The Hall–Kier alpha value is -1.09. The van der Waals surface area contributed by atoms with Crippen molar-refractivity contribution in [3.8, 4) is 5.75 Å². The Morgan fingerprint density at radius 2 is 2.06 bits per heavy atom. The lowest BCUT2D eigenvalue weighted by molar-refractivity contribution is 0.398. The molecule has 0 heterocycles. The van der Waals surface area contributed by atoms with E-state index in [1.807, 2.05) is 20.8 Å². The highest BCUT2D eigenvalue weighted by Gasteiger charge is 2.25. The van der Waals surface area contributed by atoms with Crippen LogP contribution in [-0.2, 0) is 5.41 Å². The summed E-state index contributed by atoms with van der Waals surface area (Å²) in [6, 6.07) is 5.02. The molecule has 0 aromatic heterocycles. The van der Waals surface area contributed by atoms with E-state index < -0.39 is 0 Å². The van der Waals surface area contributed by atoms with Crippen LogP contribution in [0.2, 0.25) is 0 Å². The van der Waals surface area contributed by atoms with Crippen LogP contribution in [0, 0.1) is 5.82 Å². The van der Waals surface area contributed by atoms with Gasteiger partial charge in [-0.25, -0.2) is 4.39 Å². The SMILES string of the molecule is COc1ccc(C(C)(C)CC(C)N)c(F)c1. The van der Waals surface area contributed by atoms with Crippen molar-refractivity contribution in [2.24, 2.45) is 5.73 Å². The van der Waals surface area contributed by atoms with E-state index >= 15 is 0 Å². The fraction of sp³-hybridized carbons (Fsp3) is 0.538. The third-order valence-electron chi connectivity index (χ3n) is 2.74. The molecule has 3 heteroatoms. The maximum Gasteiger partial charge on any atom is 0.130 e. The van der Waals surface area contributed by atoms with E-state index in [4.69, 9.17) is 10.5 Å². The van der Waals surface area contributed by atoms with E-state index in [1.165, 1.54) is 13.2 Å². The first-order valence-electron chi connectivity index (χ1n) is 5.46. The van der Waals surface area contributed by atoms with Crippen molar-refractivity contribution in [2.45, 2.75) is 38.6 Å². The molecule has 16 heavy (non-hydrogen) atoms. The van der Waals surface area contributed by atoms with Crippen LogP contribution in [-0.4, -0.2) is 13.2 Å². The van der Waals surface area contributed by atoms with E-state index in [-0.39, 0.29) is 17.3 Å². The van der Waals surface area contributed by atoms with Gasteiger partial charge in [0.1, 0.15) is 11.6 Å². The Bertz CT molecular complexity index is 361. The minimum atomic E-state index is -0.259. The lowest BCUT2D eigenvalue weighted by atomic mass is 9.79. The third kappa shape index (κ3) is 2.95. The molecule has 0 amide bonds. The van der Waals surface area contributed by atoms with Crippen LogP contribution >= 0.6 is 0 Å². The standard InChI is InChI=1S/C13H20FNO/c1-9(15)8-13(2,3)11-6-5-10(16-4)7-12(11)14/h5-7,9H,8,15H2,1-4H3. The molecule has 0 saturated carbocycles. The molecule has 1 unspecified atom stereocenters. The van der Waals surface area contributed by atoms with Crippen molar-refractivity contribution in [2.75, 3.05) is 7.11 Å². The second kappa shape index (κ2) is 4.83. The first kappa shape index (κ1) is 13.0. The lowest BCUT2D eigenvalue weighted by Crippen LogP contribution is -2.29. The Morgan fingerprint density at radius 3 is 2.50 bits per heavy atom. The van der Waals surface area contributed by atoms with Gasteiger partial charge in [0, 0.05) is 12.1 Å². The molecule has 0 radical (unpaired) electrons. The van der Waals surface area contributed by atoms with Crippen LogP contribution in [0.3, 0.4) is 0 Å². The van der Waals surface area contributed by atoms with Crippen LogP contribution in [0.15, 0.2) is 18.2 Å². The average Bonchev–Trinajstić information content (AvgIpc) is 2.14. The second-order valence-electron chi connectivity index (χ2n) is 4.91. The molecule has 2 nitrogen and oxygen atoms in total. The van der Waals surface area contributed by atoms with E-state index in [0.717, 1.165) is 6.42 Å². The van der Waals surface area contributed by atoms with Crippen LogP contribution in [0.5, 0.6) is 5.75 Å². The van der Waals surface area contributed by atoms with Gasteiger partial charge in [-0.1, -0.05) is 19.9 Å². The van der Waals surface area contributed by atoms with Gasteiger partial charge in [-0.2, -0.15) is 0 Å². The highest BCUT2D eigenvalue weighted by molar-refractivity contribution is 5.33. The summed E-state index contributed by atoms with van der Waals surface area (Å²) in [6.07, 6.45) is 0.746. The Morgan fingerprint density at radius 1 is 1.44 bits per heavy atom. The molecule has 1 aromatic rings. The number of hydrogen-bond donors (Lipinski definition) is 1. The zero-order chi connectivity index (χ0) is 12.3. The van der Waals surface area contributed by atoms with Crippen molar-refractivity contribution in [1.29, 1.82) is 0 Å². The van der Waals surface area contributed by atoms with Gasteiger partial charge in [-0.05, 0) is 30.4 Å². The van der Waals surface area contributed by atoms with Crippen LogP contribution < -0.4 is 10.5 Å². The van der Waals surface area contributed by atoms with Gasteiger partial charge in [-0.15, -0.1) is 0 Å². The van der Waals surface area contributed by atoms with Crippen LogP contribution in [0.4, 0.5) is 4.39 Å². The van der Waals surface area contributed by atoms with Crippen molar-refractivity contribution in [3.63, 3.8) is 0 Å². The molecule has 0 spiro atoms. The van der Waals surface area contributed by atoms with E-state index in [1.54, 1.807) is 12.1 Å². The van der Waals surface area contributed by atoms with Crippen molar-refractivity contribution >= 4 is 0 Å². The van der Waals surface area contributed by atoms with Gasteiger partial charge in [0.25, 0.3) is 0 Å². The molecule has 0 saturated heterocycles. The molecule has 0 bridgehead atoms. The van der Waals surface area contributed by atoms with Gasteiger partial charge in [0.05, 0.1) is 7.11 Å². The summed E-state index contributed by atoms with van der Waals surface area (Å²) < 4.78 is 18.8. The summed E-state index contributed by atoms with van der Waals surface area (Å²) >= 11 is 0. The zero-order valence-electron chi connectivity index (χ0n) is 10.4. The zero-order valence-corrected chi connectivity index (χ0v) is 10.4. The van der Waals surface area contributed by atoms with Gasteiger partial charge in [0.2, 0.25) is 0 Å². The summed E-state index contributed by atoms with van der Waals surface area (Å²) in [5.74, 6) is 0.308. The topological polar surface area (TPSA) is 35.2 Å². The van der Waals surface area contributed by atoms with Gasteiger partial charge < -0.3 is 10.5 Å².